The first-order valence-electron chi connectivity index (χ1n) is 34.3. The number of hydrogen-bond acceptors (Lipinski definition) is 18. The molecule has 2 aliphatic carbocycles. The van der Waals surface area contributed by atoms with Crippen LogP contribution in [0.2, 0.25) is 0 Å². The van der Waals surface area contributed by atoms with Crippen LogP contribution in [0.1, 0.15) is 135 Å². The Bertz CT molecular complexity index is 4150. The highest BCUT2D eigenvalue weighted by molar-refractivity contribution is 7.56. The molecule has 4 aliphatic rings. The van der Waals surface area contributed by atoms with E-state index in [4.69, 9.17) is 47.4 Å². The predicted octanol–water partition coefficient (Wildman–Crippen LogP) is 12.1. The lowest BCUT2D eigenvalue weighted by molar-refractivity contribution is -0.142. The SMILES string of the molecule is CCOP(=O)(OCC)C1(NC(=O)[C@@H]2C[C@@H](Oc3cc(-c4ccccc4)nc4cc(OC)ccc34)CN2C(=O)[C@@H](NC(=O)OC(C)(C)C)C(C)(C)C)CC1.COc1ccc2c(O[C@@H]3C[C@@H](C(=O)NC4(P(=O)(O)O)CC4)N(C(=O)[C@@H](NC(=O)OC(C)(C)C)C(C)(C)C)C3)cc(-c3ccccc3)nc2c1. The Morgan fingerprint density at radius 3 is 1.22 bits per heavy atom. The Hall–Kier alpha value is -8.38. The van der Waals surface area contributed by atoms with Gasteiger partial charge < -0.3 is 78.3 Å². The van der Waals surface area contributed by atoms with Crippen molar-refractivity contribution in [1.29, 1.82) is 0 Å². The van der Waals surface area contributed by atoms with Crippen LogP contribution >= 0.6 is 15.2 Å². The van der Waals surface area contributed by atoms with E-state index in [0.717, 1.165) is 16.5 Å². The van der Waals surface area contributed by atoms with Gasteiger partial charge in [0, 0.05) is 59.0 Å². The third kappa shape index (κ3) is 18.5. The highest BCUT2D eigenvalue weighted by atomic mass is 31.2. The molecular formula is C74H98N8O18P2. The number of amides is 6. The van der Waals surface area contributed by atoms with Crippen molar-refractivity contribution in [3.8, 4) is 45.5 Å². The first-order valence-corrected chi connectivity index (χ1v) is 37.5. The lowest BCUT2D eigenvalue weighted by atomic mass is 9.85. The van der Waals surface area contributed by atoms with Gasteiger partial charge in [-0.25, -0.2) is 19.6 Å². The highest BCUT2D eigenvalue weighted by Crippen LogP contribution is 2.70. The Morgan fingerprint density at radius 2 is 0.902 bits per heavy atom. The molecule has 6 aromatic rings. The molecule has 0 unspecified atom stereocenters. The predicted molar refractivity (Wildman–Crippen MR) is 385 cm³/mol. The maximum Gasteiger partial charge on any atom is 0.408 e. The van der Waals surface area contributed by atoms with Crippen LogP contribution in [-0.4, -0.2) is 164 Å². The molecule has 6 N–H and O–H groups in total. The van der Waals surface area contributed by atoms with Gasteiger partial charge in [-0.1, -0.05) is 102 Å². The minimum absolute atomic E-state index is 0.0265. The van der Waals surface area contributed by atoms with Gasteiger partial charge in [0.15, 0.2) is 0 Å². The lowest BCUT2D eigenvalue weighted by Crippen LogP contribution is -2.58. The summed E-state index contributed by atoms with van der Waals surface area (Å²) >= 11 is 0. The summed E-state index contributed by atoms with van der Waals surface area (Å²) in [4.78, 5) is 115. The van der Waals surface area contributed by atoms with E-state index in [1.54, 1.807) is 109 Å². The van der Waals surface area contributed by atoms with Crippen molar-refractivity contribution in [2.45, 2.75) is 194 Å². The van der Waals surface area contributed by atoms with Gasteiger partial charge in [0.25, 0.3) is 0 Å². The number of aromatic nitrogens is 2. The van der Waals surface area contributed by atoms with E-state index < -0.39 is 120 Å². The molecule has 0 bridgehead atoms. The van der Waals surface area contributed by atoms with E-state index in [2.05, 4.69) is 21.3 Å². The van der Waals surface area contributed by atoms with Crippen LogP contribution in [0.15, 0.2) is 109 Å². The van der Waals surface area contributed by atoms with Crippen molar-refractivity contribution in [3.63, 3.8) is 0 Å². The average molecular weight is 1450 g/mol. The fraction of sp³-hybridized carbons (Fsp3) is 0.514. The molecular weight excluding hydrogens is 1350 g/mol. The first-order chi connectivity index (χ1) is 47.7. The molecule has 0 radical (unpaired) electrons. The average Bonchev–Trinajstić information content (AvgIpc) is 1.60. The van der Waals surface area contributed by atoms with Crippen LogP contribution in [0.4, 0.5) is 9.59 Å². The van der Waals surface area contributed by atoms with Gasteiger partial charge in [-0.15, -0.1) is 0 Å². The molecule has 2 aromatic heterocycles. The van der Waals surface area contributed by atoms with Gasteiger partial charge in [-0.05, 0) is 116 Å². The van der Waals surface area contributed by atoms with Gasteiger partial charge in [-0.3, -0.25) is 28.3 Å². The fourth-order valence-corrected chi connectivity index (χ4v) is 15.5. The maximum absolute atomic E-state index is 14.6. The molecule has 2 saturated heterocycles. The zero-order valence-corrected chi connectivity index (χ0v) is 62.8. The van der Waals surface area contributed by atoms with Crippen molar-refractivity contribution in [3.05, 3.63) is 109 Å². The van der Waals surface area contributed by atoms with E-state index in [1.807, 2.05) is 112 Å². The highest BCUT2D eigenvalue weighted by Gasteiger charge is 2.63. The molecule has 4 heterocycles. The number of pyridine rings is 2. The van der Waals surface area contributed by atoms with E-state index in [0.29, 0.717) is 63.6 Å². The summed E-state index contributed by atoms with van der Waals surface area (Å²) in [5.74, 6) is -0.0306. The van der Waals surface area contributed by atoms with E-state index >= 15 is 0 Å². The summed E-state index contributed by atoms with van der Waals surface area (Å²) in [5.41, 5.74) is 1.13. The summed E-state index contributed by atoms with van der Waals surface area (Å²) in [6.45, 7) is 24.9. The Kier molecular flexibility index (Phi) is 23.3. The van der Waals surface area contributed by atoms with Gasteiger partial charge in [0.05, 0.1) is 62.9 Å². The molecule has 2 saturated carbocycles. The standard InChI is InChI=1S/C39H53N4O9P.C35H45N4O9P/c1-10-49-53(47,50-11-2)39(19-20-39)42-34(44)31-22-27(24-43(31)35(45)33(37(3,4)5)41-36(46)52-38(6,7)8)51-32-23-29(25-15-13-12-14-16-25)40-30-21-26(48-9)17-18-28(30)32;1-33(2,3)29(37-32(42)48-34(4,5)6)31(41)39-20-23(18-27(39)30(40)38-35(15-16-35)49(43,44)45)47-28-19-25(21-11-9-8-10-12-21)36-26-17-22(46-7)13-14-24(26)28/h12-18,21,23,27,31,33H,10-11,19-20,22,24H2,1-9H3,(H,41,46)(H,42,44);8-14,17,19,23,27,29H,15-16,18,20H2,1-7H3,(H,37,42)(H,38,40)(H2,43,44,45)/t27-,31+,33-;23-,27+,29-/m11/s1. The number of fused-ring (bicyclic) bond motifs is 2. The van der Waals surface area contributed by atoms with Crippen molar-refractivity contribution in [2.24, 2.45) is 10.8 Å². The number of carbonyl (C=O) groups is 6. The third-order valence-electron chi connectivity index (χ3n) is 17.8. The van der Waals surface area contributed by atoms with Crippen LogP contribution in [0.25, 0.3) is 44.3 Å². The second kappa shape index (κ2) is 30.5. The molecule has 4 fully saturated rings. The maximum atomic E-state index is 14.6. The summed E-state index contributed by atoms with van der Waals surface area (Å²) in [6, 6.07) is 29.5. The van der Waals surface area contributed by atoms with Crippen LogP contribution < -0.4 is 40.2 Å². The number of nitrogens with one attached hydrogen (secondary N) is 4. The molecule has 10 rings (SSSR count). The Labute approximate surface area is 596 Å². The minimum Gasteiger partial charge on any atom is -0.497 e. The fourth-order valence-electron chi connectivity index (χ4n) is 12.3. The molecule has 102 heavy (non-hydrogen) atoms. The van der Waals surface area contributed by atoms with Crippen LogP contribution in [-0.2, 0) is 46.8 Å². The van der Waals surface area contributed by atoms with Crippen molar-refractivity contribution < 1.29 is 85.2 Å². The van der Waals surface area contributed by atoms with Crippen LogP contribution in [0.5, 0.6) is 23.0 Å². The van der Waals surface area contributed by atoms with E-state index in [1.165, 1.54) is 9.80 Å². The second-order valence-corrected chi connectivity index (χ2v) is 34.6. The zero-order chi connectivity index (χ0) is 74.7. The van der Waals surface area contributed by atoms with Gasteiger partial charge in [-0.2, -0.15) is 0 Å². The first kappa shape index (κ1) is 77.8. The van der Waals surface area contributed by atoms with Gasteiger partial charge in [0.1, 0.15) is 81.1 Å². The lowest BCUT2D eigenvalue weighted by Gasteiger charge is -2.36. The van der Waals surface area contributed by atoms with E-state index in [9.17, 15) is 47.7 Å². The van der Waals surface area contributed by atoms with Crippen molar-refractivity contribution in [1.82, 2.24) is 41.0 Å². The van der Waals surface area contributed by atoms with Gasteiger partial charge >= 0.3 is 27.4 Å². The molecule has 6 amide bonds. The number of methoxy groups -OCH3 is 2. The molecule has 4 aromatic carbocycles. The Balaban J connectivity index is 0.000000238. The van der Waals surface area contributed by atoms with Crippen LogP contribution in [0, 0.1) is 10.8 Å². The number of likely N-dealkylation sites (tertiary alicyclic amines) is 2. The number of ether oxygens (including phenoxy) is 6. The smallest absolute Gasteiger partial charge is 0.408 e. The van der Waals surface area contributed by atoms with Crippen LogP contribution in [0.3, 0.4) is 0 Å². The molecule has 552 valence electrons. The molecule has 28 heteroatoms. The number of rotatable bonds is 22. The largest absolute Gasteiger partial charge is 0.497 e. The number of alkyl carbamates (subject to hydrolysis) is 2. The number of benzene rings is 4. The number of hydrogen-bond donors (Lipinski definition) is 6. The molecule has 0 spiro atoms. The summed E-state index contributed by atoms with van der Waals surface area (Å²) < 4.78 is 72.7. The quantitative estimate of drug-likeness (QED) is 0.0344. The normalized spacial score (nSPS) is 19.3. The monoisotopic (exact) mass is 1450 g/mol. The third-order valence-corrected chi connectivity index (χ3v) is 22.2. The number of nitrogens with zero attached hydrogens (tertiary/aromatic N) is 4. The summed E-state index contributed by atoms with van der Waals surface area (Å²) in [6.07, 6.45) is -1.73. The van der Waals surface area contributed by atoms with Gasteiger partial charge in [0.2, 0.25) is 23.6 Å². The second-order valence-electron chi connectivity index (χ2n) is 30.3. The minimum atomic E-state index is -4.68. The van der Waals surface area contributed by atoms with E-state index in [-0.39, 0.29) is 52.0 Å². The topological polar surface area (TPSA) is 331 Å². The molecule has 2 aliphatic heterocycles. The van der Waals surface area contributed by atoms with Crippen molar-refractivity contribution >= 4 is 72.8 Å². The van der Waals surface area contributed by atoms with Crippen molar-refractivity contribution in [2.75, 3.05) is 40.5 Å². The summed E-state index contributed by atoms with van der Waals surface area (Å²) in [5, 5.41) is 9.52. The molecule has 26 nitrogen and oxygen atoms in total. The number of carbonyl (C=O) groups excluding carboxylic acids is 6. The molecule has 6 atom stereocenters. The Morgan fingerprint density at radius 1 is 0.539 bits per heavy atom. The summed E-state index contributed by atoms with van der Waals surface area (Å²) in [7, 11) is -5.25. The zero-order valence-electron chi connectivity index (χ0n) is 61.0.